The molecule has 5 heteroatoms. The highest BCUT2D eigenvalue weighted by Gasteiger charge is 2.15. The van der Waals surface area contributed by atoms with Gasteiger partial charge in [0.25, 0.3) is 5.91 Å². The van der Waals surface area contributed by atoms with Gasteiger partial charge in [-0.25, -0.2) is 0 Å². The van der Waals surface area contributed by atoms with Crippen LogP contribution in [0.2, 0.25) is 5.02 Å². The number of benzene rings is 2. The molecular formula is C19H20ClNO3. The number of carbonyl (C=O) groups is 1. The van der Waals surface area contributed by atoms with Gasteiger partial charge in [0.05, 0.1) is 14.2 Å². The lowest BCUT2D eigenvalue weighted by Gasteiger charge is -2.14. The van der Waals surface area contributed by atoms with E-state index in [-0.39, 0.29) is 5.91 Å². The molecule has 0 atom stereocenters. The van der Waals surface area contributed by atoms with Crippen molar-refractivity contribution in [2.24, 2.45) is 0 Å². The van der Waals surface area contributed by atoms with Crippen LogP contribution in [-0.2, 0) is 13.0 Å². The van der Waals surface area contributed by atoms with Crippen LogP contribution in [0, 0.1) is 0 Å². The molecular weight excluding hydrogens is 326 g/mol. The average molecular weight is 346 g/mol. The first-order chi connectivity index (χ1) is 11.6. The summed E-state index contributed by atoms with van der Waals surface area (Å²) in [5, 5.41) is 3.55. The predicted octanol–water partition coefficient (Wildman–Crippen LogP) is 4.02. The number of ether oxygens (including phenoxy) is 2. The van der Waals surface area contributed by atoms with Gasteiger partial charge in [-0.3, -0.25) is 4.79 Å². The Bertz CT molecular complexity index is 726. The third kappa shape index (κ3) is 4.30. The van der Waals surface area contributed by atoms with E-state index < -0.39 is 0 Å². The third-order valence-corrected chi connectivity index (χ3v) is 3.80. The second-order valence-corrected chi connectivity index (χ2v) is 5.61. The third-order valence-electron chi connectivity index (χ3n) is 3.55. The molecule has 0 radical (unpaired) electrons. The van der Waals surface area contributed by atoms with E-state index in [0.717, 1.165) is 11.1 Å². The Morgan fingerprint density at radius 3 is 2.50 bits per heavy atom. The molecule has 126 valence electrons. The molecule has 1 amide bonds. The molecule has 0 spiro atoms. The Morgan fingerprint density at radius 2 is 1.92 bits per heavy atom. The molecule has 0 aliphatic rings. The van der Waals surface area contributed by atoms with Crippen molar-refractivity contribution >= 4 is 17.5 Å². The lowest BCUT2D eigenvalue weighted by Crippen LogP contribution is -2.23. The fraction of sp³-hybridized carbons (Fsp3) is 0.211. The zero-order chi connectivity index (χ0) is 17.5. The number of nitrogens with one attached hydrogen (secondary N) is 1. The Hall–Kier alpha value is -2.46. The quantitative estimate of drug-likeness (QED) is 0.771. The minimum absolute atomic E-state index is 0.184. The van der Waals surface area contributed by atoms with Gasteiger partial charge in [0.1, 0.15) is 0 Å². The second-order valence-electron chi connectivity index (χ2n) is 5.17. The maximum atomic E-state index is 12.4. The van der Waals surface area contributed by atoms with E-state index in [1.165, 1.54) is 0 Å². The SMILES string of the molecule is C=CCc1cc(C(=O)NCc2ccc(Cl)cc2)cc(OC)c1OC. The molecule has 4 nitrogen and oxygen atoms in total. The molecule has 0 aliphatic heterocycles. The van der Waals surface area contributed by atoms with Gasteiger partial charge in [0.15, 0.2) is 11.5 Å². The van der Waals surface area contributed by atoms with Crippen LogP contribution in [0.15, 0.2) is 49.1 Å². The molecule has 24 heavy (non-hydrogen) atoms. The van der Waals surface area contributed by atoms with Crippen molar-refractivity contribution in [3.05, 3.63) is 70.8 Å². The van der Waals surface area contributed by atoms with Crippen LogP contribution in [-0.4, -0.2) is 20.1 Å². The molecule has 0 heterocycles. The smallest absolute Gasteiger partial charge is 0.251 e. The van der Waals surface area contributed by atoms with Gasteiger partial charge in [-0.15, -0.1) is 6.58 Å². The second kappa shape index (κ2) is 8.41. The standard InChI is InChI=1S/C19H20ClNO3/c1-4-5-14-10-15(11-17(23-2)18(14)24-3)19(22)21-12-13-6-8-16(20)9-7-13/h4,6-11H,1,5,12H2,2-3H3,(H,21,22). The molecule has 2 aromatic carbocycles. The summed E-state index contributed by atoms with van der Waals surface area (Å²) in [6, 6.07) is 10.8. The summed E-state index contributed by atoms with van der Waals surface area (Å²) in [6.45, 7) is 4.15. The molecule has 0 saturated carbocycles. The summed E-state index contributed by atoms with van der Waals surface area (Å²) >= 11 is 5.86. The molecule has 2 aromatic rings. The van der Waals surface area contributed by atoms with Crippen molar-refractivity contribution < 1.29 is 14.3 Å². The Balaban J connectivity index is 2.20. The fourth-order valence-electron chi connectivity index (χ4n) is 2.37. The summed E-state index contributed by atoms with van der Waals surface area (Å²) in [6.07, 6.45) is 2.34. The molecule has 2 rings (SSSR count). The molecule has 0 unspecified atom stereocenters. The van der Waals surface area contributed by atoms with Crippen molar-refractivity contribution in [1.82, 2.24) is 5.32 Å². The van der Waals surface area contributed by atoms with Gasteiger partial charge < -0.3 is 14.8 Å². The molecule has 0 aromatic heterocycles. The van der Waals surface area contributed by atoms with E-state index in [9.17, 15) is 4.79 Å². The van der Waals surface area contributed by atoms with Gasteiger partial charge in [0.2, 0.25) is 0 Å². The minimum atomic E-state index is -0.184. The van der Waals surface area contributed by atoms with E-state index in [2.05, 4.69) is 11.9 Å². The number of amides is 1. The molecule has 1 N–H and O–H groups in total. The maximum Gasteiger partial charge on any atom is 0.251 e. The summed E-state index contributed by atoms with van der Waals surface area (Å²) in [4.78, 5) is 12.4. The number of carbonyl (C=O) groups excluding carboxylic acids is 1. The number of allylic oxidation sites excluding steroid dienone is 1. The monoisotopic (exact) mass is 345 g/mol. The van der Waals surface area contributed by atoms with Crippen molar-refractivity contribution in [2.75, 3.05) is 14.2 Å². The normalized spacial score (nSPS) is 10.1. The highest BCUT2D eigenvalue weighted by molar-refractivity contribution is 6.30. The molecule has 0 bridgehead atoms. The first kappa shape index (κ1) is 17.9. The van der Waals surface area contributed by atoms with Crippen LogP contribution in [0.1, 0.15) is 21.5 Å². The fourth-order valence-corrected chi connectivity index (χ4v) is 2.49. The van der Waals surface area contributed by atoms with Gasteiger partial charge in [-0.05, 0) is 36.2 Å². The van der Waals surface area contributed by atoms with Crippen molar-refractivity contribution in [3.8, 4) is 11.5 Å². The molecule has 0 saturated heterocycles. The zero-order valence-electron chi connectivity index (χ0n) is 13.8. The van der Waals surface area contributed by atoms with Crippen molar-refractivity contribution in [1.29, 1.82) is 0 Å². The van der Waals surface area contributed by atoms with Crippen LogP contribution in [0.25, 0.3) is 0 Å². The summed E-state index contributed by atoms with van der Waals surface area (Å²) in [5.74, 6) is 0.955. The first-order valence-corrected chi connectivity index (χ1v) is 7.85. The van der Waals surface area contributed by atoms with Crippen LogP contribution in [0.5, 0.6) is 11.5 Å². The van der Waals surface area contributed by atoms with Gasteiger partial charge in [0, 0.05) is 22.7 Å². The summed E-state index contributed by atoms with van der Waals surface area (Å²) in [7, 11) is 3.12. The van der Waals surface area contributed by atoms with Crippen LogP contribution >= 0.6 is 11.6 Å². The van der Waals surface area contributed by atoms with E-state index in [0.29, 0.717) is 35.1 Å². The number of methoxy groups -OCH3 is 2. The van der Waals surface area contributed by atoms with Crippen molar-refractivity contribution in [2.45, 2.75) is 13.0 Å². The van der Waals surface area contributed by atoms with E-state index in [1.807, 2.05) is 12.1 Å². The lowest BCUT2D eigenvalue weighted by molar-refractivity contribution is 0.0950. The van der Waals surface area contributed by atoms with E-state index >= 15 is 0 Å². The van der Waals surface area contributed by atoms with Crippen LogP contribution < -0.4 is 14.8 Å². The number of halogens is 1. The molecule has 0 aliphatic carbocycles. The lowest BCUT2D eigenvalue weighted by atomic mass is 10.0. The van der Waals surface area contributed by atoms with Crippen LogP contribution in [0.3, 0.4) is 0 Å². The van der Waals surface area contributed by atoms with Gasteiger partial charge in [-0.1, -0.05) is 29.8 Å². The zero-order valence-corrected chi connectivity index (χ0v) is 14.5. The first-order valence-electron chi connectivity index (χ1n) is 7.47. The topological polar surface area (TPSA) is 47.6 Å². The van der Waals surface area contributed by atoms with Gasteiger partial charge >= 0.3 is 0 Å². The Labute approximate surface area is 147 Å². The molecule has 0 fully saturated rings. The predicted molar refractivity (Wildman–Crippen MR) is 96.1 cm³/mol. The van der Waals surface area contributed by atoms with E-state index in [1.54, 1.807) is 44.6 Å². The summed E-state index contributed by atoms with van der Waals surface area (Å²) < 4.78 is 10.7. The number of rotatable bonds is 7. The Kier molecular flexibility index (Phi) is 6.27. The van der Waals surface area contributed by atoms with E-state index in [4.69, 9.17) is 21.1 Å². The highest BCUT2D eigenvalue weighted by atomic mass is 35.5. The maximum absolute atomic E-state index is 12.4. The minimum Gasteiger partial charge on any atom is -0.493 e. The number of hydrogen-bond donors (Lipinski definition) is 1. The Morgan fingerprint density at radius 1 is 1.21 bits per heavy atom. The largest absolute Gasteiger partial charge is 0.493 e. The number of hydrogen-bond acceptors (Lipinski definition) is 3. The summed E-state index contributed by atoms with van der Waals surface area (Å²) in [5.41, 5.74) is 2.33. The average Bonchev–Trinajstić information content (AvgIpc) is 2.60. The van der Waals surface area contributed by atoms with Crippen LogP contribution in [0.4, 0.5) is 0 Å². The van der Waals surface area contributed by atoms with Gasteiger partial charge in [-0.2, -0.15) is 0 Å². The van der Waals surface area contributed by atoms with Crippen molar-refractivity contribution in [3.63, 3.8) is 0 Å². The highest BCUT2D eigenvalue weighted by Crippen LogP contribution is 2.33.